The smallest absolute Gasteiger partial charge is 0.220 e. The van der Waals surface area contributed by atoms with Crippen LogP contribution in [0.25, 0.3) is 0 Å². The molecule has 2 aromatic rings. The number of likely N-dealkylation sites (N-methyl/N-ethyl adjacent to an activating group) is 1. The van der Waals surface area contributed by atoms with Crippen LogP contribution in [0.5, 0.6) is 0 Å². The number of anilines is 1. The number of amides is 1. The Morgan fingerprint density at radius 2 is 1.55 bits per heavy atom. The monoisotopic (exact) mass is 411 g/mol. The summed E-state index contributed by atoms with van der Waals surface area (Å²) < 4.78 is 0. The average Bonchev–Trinajstić information content (AvgIpc) is 2.70. The summed E-state index contributed by atoms with van der Waals surface area (Å²) in [5, 5.41) is 9.39. The minimum atomic E-state index is 0.124. The zero-order chi connectivity index (χ0) is 21.1. The van der Waals surface area contributed by atoms with Crippen LogP contribution in [0, 0.1) is 0 Å². The van der Waals surface area contributed by atoms with Crippen molar-refractivity contribution in [3.8, 4) is 0 Å². The topological polar surface area (TPSA) is 53.2 Å². The number of carbonyl (C=O) groups excluding carboxylic acids is 1. The van der Waals surface area contributed by atoms with Crippen molar-refractivity contribution in [3.05, 3.63) is 65.2 Å². The van der Waals surface area contributed by atoms with Crippen molar-refractivity contribution in [1.29, 1.82) is 0 Å². The molecule has 0 heterocycles. The summed E-state index contributed by atoms with van der Waals surface area (Å²) >= 11 is 5.04. The molecular weight excluding hydrogens is 378 g/mol. The highest BCUT2D eigenvalue weighted by molar-refractivity contribution is 7.80. The number of thiocarbonyl (C=S) groups is 1. The SMILES string of the molecule is CNC(C)Cc1ccc(CCCC(=O)NCCc2ccc(NC(C)=S)cc2)cc1. The van der Waals surface area contributed by atoms with E-state index < -0.39 is 0 Å². The Balaban J connectivity index is 1.62. The van der Waals surface area contributed by atoms with Crippen LogP contribution in [0.4, 0.5) is 5.69 Å². The summed E-state index contributed by atoms with van der Waals surface area (Å²) in [6.45, 7) is 4.71. The molecule has 1 atom stereocenters. The van der Waals surface area contributed by atoms with E-state index in [9.17, 15) is 4.79 Å². The number of nitrogens with one attached hydrogen (secondary N) is 3. The first-order valence-electron chi connectivity index (χ1n) is 10.3. The number of benzene rings is 2. The Kier molecular flexibility index (Phi) is 9.81. The van der Waals surface area contributed by atoms with E-state index in [2.05, 4.69) is 59.3 Å². The average molecular weight is 412 g/mol. The number of carbonyl (C=O) groups is 1. The van der Waals surface area contributed by atoms with Gasteiger partial charge in [-0.2, -0.15) is 0 Å². The Morgan fingerprint density at radius 3 is 2.17 bits per heavy atom. The molecule has 156 valence electrons. The summed E-state index contributed by atoms with van der Waals surface area (Å²) in [5.74, 6) is 0.124. The molecule has 0 aliphatic heterocycles. The molecule has 0 spiro atoms. The maximum Gasteiger partial charge on any atom is 0.220 e. The molecule has 0 saturated carbocycles. The van der Waals surface area contributed by atoms with E-state index in [1.165, 1.54) is 16.7 Å². The van der Waals surface area contributed by atoms with Crippen LogP contribution in [0.3, 0.4) is 0 Å². The van der Waals surface area contributed by atoms with Gasteiger partial charge in [0.2, 0.25) is 5.91 Å². The van der Waals surface area contributed by atoms with E-state index in [0.717, 1.165) is 36.4 Å². The molecule has 3 N–H and O–H groups in total. The van der Waals surface area contributed by atoms with Crippen molar-refractivity contribution < 1.29 is 4.79 Å². The van der Waals surface area contributed by atoms with Crippen LogP contribution in [0.15, 0.2) is 48.5 Å². The van der Waals surface area contributed by atoms with Crippen LogP contribution in [0.1, 0.15) is 43.4 Å². The molecule has 0 radical (unpaired) electrons. The first kappa shape index (κ1) is 23.0. The lowest BCUT2D eigenvalue weighted by atomic mass is 10.0. The Labute approximate surface area is 180 Å². The number of aryl methyl sites for hydroxylation is 1. The minimum Gasteiger partial charge on any atom is -0.356 e. The highest BCUT2D eigenvalue weighted by atomic mass is 32.1. The van der Waals surface area contributed by atoms with Crippen molar-refractivity contribution in [3.63, 3.8) is 0 Å². The van der Waals surface area contributed by atoms with Crippen molar-refractivity contribution in [2.24, 2.45) is 0 Å². The second-order valence-corrected chi connectivity index (χ2v) is 8.15. The van der Waals surface area contributed by atoms with E-state index in [0.29, 0.717) is 19.0 Å². The Morgan fingerprint density at radius 1 is 0.966 bits per heavy atom. The van der Waals surface area contributed by atoms with Gasteiger partial charge < -0.3 is 16.0 Å². The fourth-order valence-electron chi connectivity index (χ4n) is 3.14. The molecule has 0 fully saturated rings. The molecule has 0 aliphatic rings. The standard InChI is InChI=1S/C24H33N3OS/c1-18(25-3)17-22-9-7-20(8-10-22)5-4-6-24(28)26-16-15-21-11-13-23(14-12-21)27-19(2)29/h7-14,18,25H,4-6,15-17H2,1-3H3,(H,26,28)(H,27,29). The number of hydrogen-bond acceptors (Lipinski definition) is 3. The Hall–Kier alpha value is -2.24. The third-order valence-corrected chi connectivity index (χ3v) is 5.04. The van der Waals surface area contributed by atoms with Crippen LogP contribution in [0.2, 0.25) is 0 Å². The lowest BCUT2D eigenvalue weighted by Crippen LogP contribution is -2.25. The lowest BCUT2D eigenvalue weighted by molar-refractivity contribution is -0.121. The van der Waals surface area contributed by atoms with Gasteiger partial charge in [0.05, 0.1) is 4.99 Å². The van der Waals surface area contributed by atoms with E-state index in [-0.39, 0.29) is 5.91 Å². The van der Waals surface area contributed by atoms with Gasteiger partial charge in [-0.1, -0.05) is 48.6 Å². The predicted octanol–water partition coefficient (Wildman–Crippen LogP) is 4.28. The molecule has 0 aromatic heterocycles. The van der Waals surface area contributed by atoms with Crippen molar-refractivity contribution in [2.75, 3.05) is 18.9 Å². The van der Waals surface area contributed by atoms with Gasteiger partial charge >= 0.3 is 0 Å². The molecule has 29 heavy (non-hydrogen) atoms. The van der Waals surface area contributed by atoms with Gasteiger partial charge in [0.1, 0.15) is 0 Å². The van der Waals surface area contributed by atoms with Crippen molar-refractivity contribution in [2.45, 2.75) is 52.0 Å². The summed E-state index contributed by atoms with van der Waals surface area (Å²) in [4.78, 5) is 12.8. The fourth-order valence-corrected chi connectivity index (χ4v) is 3.26. The predicted molar refractivity (Wildman–Crippen MR) is 127 cm³/mol. The minimum absolute atomic E-state index is 0.124. The van der Waals surface area contributed by atoms with Gasteiger partial charge in [0, 0.05) is 24.7 Å². The summed E-state index contributed by atoms with van der Waals surface area (Å²) in [5.41, 5.74) is 4.83. The van der Waals surface area contributed by atoms with Gasteiger partial charge in [-0.05, 0) is 75.4 Å². The maximum absolute atomic E-state index is 12.1. The molecule has 0 saturated heterocycles. The molecule has 0 aliphatic carbocycles. The highest BCUT2D eigenvalue weighted by Gasteiger charge is 2.04. The van der Waals surface area contributed by atoms with Crippen molar-refractivity contribution >= 4 is 28.8 Å². The maximum atomic E-state index is 12.1. The molecule has 0 bridgehead atoms. The fraction of sp³-hybridized carbons (Fsp3) is 0.417. The number of rotatable bonds is 11. The first-order valence-corrected chi connectivity index (χ1v) is 10.8. The molecular formula is C24H33N3OS. The molecule has 1 unspecified atom stereocenters. The molecule has 2 rings (SSSR count). The van der Waals surface area contributed by atoms with Gasteiger partial charge in [0.25, 0.3) is 0 Å². The second kappa shape index (κ2) is 12.3. The van der Waals surface area contributed by atoms with Gasteiger partial charge in [-0.15, -0.1) is 0 Å². The molecule has 5 heteroatoms. The second-order valence-electron chi connectivity index (χ2n) is 7.54. The summed E-state index contributed by atoms with van der Waals surface area (Å²) in [7, 11) is 1.99. The van der Waals surface area contributed by atoms with Gasteiger partial charge in [0.15, 0.2) is 0 Å². The molecule has 2 aromatic carbocycles. The third-order valence-electron chi connectivity index (χ3n) is 4.94. The molecule has 1 amide bonds. The summed E-state index contributed by atoms with van der Waals surface area (Å²) in [6.07, 6.45) is 4.23. The van der Waals surface area contributed by atoms with Gasteiger partial charge in [-0.25, -0.2) is 0 Å². The van der Waals surface area contributed by atoms with Crippen LogP contribution >= 0.6 is 12.2 Å². The number of hydrogen-bond donors (Lipinski definition) is 3. The van der Waals surface area contributed by atoms with Crippen molar-refractivity contribution in [1.82, 2.24) is 10.6 Å². The first-order chi connectivity index (χ1) is 14.0. The van der Waals surface area contributed by atoms with E-state index in [1.807, 2.05) is 26.1 Å². The zero-order valence-electron chi connectivity index (χ0n) is 17.8. The van der Waals surface area contributed by atoms with Crippen LogP contribution in [-0.2, 0) is 24.1 Å². The molecule has 4 nitrogen and oxygen atoms in total. The quantitative estimate of drug-likeness (QED) is 0.483. The largest absolute Gasteiger partial charge is 0.356 e. The van der Waals surface area contributed by atoms with E-state index >= 15 is 0 Å². The summed E-state index contributed by atoms with van der Waals surface area (Å²) in [6, 6.07) is 17.4. The van der Waals surface area contributed by atoms with Crippen LogP contribution in [-0.4, -0.2) is 30.5 Å². The van der Waals surface area contributed by atoms with E-state index in [4.69, 9.17) is 12.2 Å². The van der Waals surface area contributed by atoms with Crippen LogP contribution < -0.4 is 16.0 Å². The Bertz CT molecular complexity index is 772. The lowest BCUT2D eigenvalue weighted by Gasteiger charge is -2.10. The van der Waals surface area contributed by atoms with Gasteiger partial charge in [-0.3, -0.25) is 4.79 Å². The normalized spacial score (nSPS) is 11.7. The van der Waals surface area contributed by atoms with E-state index in [1.54, 1.807) is 0 Å². The third kappa shape index (κ3) is 9.20. The highest BCUT2D eigenvalue weighted by Crippen LogP contribution is 2.11. The zero-order valence-corrected chi connectivity index (χ0v) is 18.6.